The van der Waals surface area contributed by atoms with E-state index in [1.54, 1.807) is 0 Å². The van der Waals surface area contributed by atoms with Gasteiger partial charge in [0, 0.05) is 38.7 Å². The summed E-state index contributed by atoms with van der Waals surface area (Å²) in [7, 11) is 3.02. The highest BCUT2D eigenvalue weighted by molar-refractivity contribution is 5.59. The topological polar surface area (TPSA) is 58.6 Å². The average Bonchev–Trinajstić information content (AvgIpc) is 3.32. The molecule has 0 saturated heterocycles. The molecule has 25 heavy (non-hydrogen) atoms. The van der Waals surface area contributed by atoms with Crippen molar-refractivity contribution in [3.63, 3.8) is 0 Å². The van der Waals surface area contributed by atoms with Gasteiger partial charge in [-0.25, -0.2) is 4.98 Å². The molecule has 0 aromatic carbocycles. The van der Waals surface area contributed by atoms with Crippen molar-refractivity contribution < 1.29 is 5.11 Å². The number of aromatic nitrogens is 4. The van der Waals surface area contributed by atoms with E-state index in [0.717, 1.165) is 38.0 Å². The molecule has 0 amide bonds. The number of aryl methyl sites for hydroxylation is 3. The number of hydrogen-bond donors (Lipinski definition) is 1. The SMILES string of the molecule is CC.CCc1cc(N2Cc3cnn(C)c3C2)cn2cc(C)nc12.CO. The van der Waals surface area contributed by atoms with Crippen molar-refractivity contribution >= 4 is 11.3 Å². The van der Waals surface area contributed by atoms with Crippen LogP contribution < -0.4 is 4.90 Å². The number of anilines is 1. The standard InChI is InChI=1S/C16H19N5.C2H6.CH4O/c1-4-12-5-14(9-21-7-11(2)18-16(12)21)20-8-13-6-17-19(3)15(13)10-20;2*1-2/h5-7,9H,4,8,10H2,1-3H3;1-2H3;2H,1H3. The smallest absolute Gasteiger partial charge is 0.140 e. The minimum absolute atomic E-state index is 0.925. The molecule has 6 heteroatoms. The first-order valence-electron chi connectivity index (χ1n) is 8.83. The molecule has 0 atom stereocenters. The van der Waals surface area contributed by atoms with Gasteiger partial charge in [0.05, 0.1) is 29.8 Å². The summed E-state index contributed by atoms with van der Waals surface area (Å²) in [6.07, 6.45) is 7.27. The molecule has 4 heterocycles. The second-order valence-electron chi connectivity index (χ2n) is 5.79. The third-order valence-corrected chi connectivity index (χ3v) is 4.33. The summed E-state index contributed by atoms with van der Waals surface area (Å²) in [5.74, 6) is 0. The van der Waals surface area contributed by atoms with Crippen LogP contribution >= 0.6 is 0 Å². The molecule has 0 aliphatic carbocycles. The number of rotatable bonds is 2. The molecular formula is C19H29N5O. The molecule has 0 radical (unpaired) electrons. The van der Waals surface area contributed by atoms with Gasteiger partial charge in [0.1, 0.15) is 5.65 Å². The van der Waals surface area contributed by atoms with Crippen LogP contribution in [0.3, 0.4) is 0 Å². The van der Waals surface area contributed by atoms with Crippen LogP contribution in [0.15, 0.2) is 24.7 Å². The Labute approximate surface area is 149 Å². The van der Waals surface area contributed by atoms with Gasteiger partial charge in [-0.05, 0) is 25.0 Å². The summed E-state index contributed by atoms with van der Waals surface area (Å²) in [5, 5.41) is 11.3. The van der Waals surface area contributed by atoms with Gasteiger partial charge in [-0.15, -0.1) is 0 Å². The highest BCUT2D eigenvalue weighted by Crippen LogP contribution is 2.29. The molecule has 3 aromatic heterocycles. The van der Waals surface area contributed by atoms with Crippen LogP contribution in [0, 0.1) is 6.92 Å². The van der Waals surface area contributed by atoms with Crippen molar-refractivity contribution in [1.29, 1.82) is 0 Å². The summed E-state index contributed by atoms with van der Waals surface area (Å²) >= 11 is 0. The maximum Gasteiger partial charge on any atom is 0.140 e. The number of aliphatic hydroxyl groups is 1. The van der Waals surface area contributed by atoms with Crippen molar-refractivity contribution in [3.8, 4) is 0 Å². The van der Waals surface area contributed by atoms with Gasteiger partial charge in [0.15, 0.2) is 0 Å². The molecule has 0 spiro atoms. The van der Waals surface area contributed by atoms with E-state index in [4.69, 9.17) is 5.11 Å². The third-order valence-electron chi connectivity index (χ3n) is 4.33. The highest BCUT2D eigenvalue weighted by atomic mass is 16.2. The normalized spacial score (nSPS) is 12.4. The van der Waals surface area contributed by atoms with E-state index in [9.17, 15) is 0 Å². The number of nitrogens with zero attached hydrogens (tertiary/aromatic N) is 5. The van der Waals surface area contributed by atoms with E-state index in [2.05, 4.69) is 44.8 Å². The van der Waals surface area contributed by atoms with Crippen molar-refractivity contribution in [2.75, 3.05) is 12.0 Å². The molecular weight excluding hydrogens is 314 g/mol. The second kappa shape index (κ2) is 8.16. The van der Waals surface area contributed by atoms with Crippen molar-refractivity contribution in [2.24, 2.45) is 7.05 Å². The van der Waals surface area contributed by atoms with Crippen LogP contribution in [-0.2, 0) is 26.6 Å². The Morgan fingerprint density at radius 1 is 1.16 bits per heavy atom. The predicted octanol–water partition coefficient (Wildman–Crippen LogP) is 3.09. The first kappa shape index (κ1) is 19.0. The van der Waals surface area contributed by atoms with E-state index in [1.807, 2.05) is 38.7 Å². The molecule has 6 nitrogen and oxygen atoms in total. The van der Waals surface area contributed by atoms with Crippen molar-refractivity contribution in [3.05, 3.63) is 47.2 Å². The molecule has 0 saturated carbocycles. The first-order chi connectivity index (χ1) is 12.2. The fraction of sp³-hybridized carbons (Fsp3) is 0.474. The maximum atomic E-state index is 7.00. The van der Waals surface area contributed by atoms with Crippen LogP contribution in [-0.4, -0.2) is 31.4 Å². The lowest BCUT2D eigenvalue weighted by Crippen LogP contribution is -2.17. The maximum absolute atomic E-state index is 7.00. The molecule has 1 aliphatic rings. The monoisotopic (exact) mass is 343 g/mol. The fourth-order valence-corrected chi connectivity index (χ4v) is 3.18. The van der Waals surface area contributed by atoms with Crippen LogP contribution in [0.2, 0.25) is 0 Å². The Kier molecular flexibility index (Phi) is 6.20. The Bertz CT molecular complexity index is 834. The van der Waals surface area contributed by atoms with E-state index in [0.29, 0.717) is 0 Å². The van der Waals surface area contributed by atoms with Gasteiger partial charge in [-0.3, -0.25) is 4.68 Å². The average molecular weight is 343 g/mol. The number of pyridine rings is 1. The quantitative estimate of drug-likeness (QED) is 0.777. The Morgan fingerprint density at radius 2 is 1.88 bits per heavy atom. The van der Waals surface area contributed by atoms with E-state index in [1.165, 1.54) is 22.5 Å². The van der Waals surface area contributed by atoms with E-state index < -0.39 is 0 Å². The van der Waals surface area contributed by atoms with Gasteiger partial charge in [0.25, 0.3) is 0 Å². The zero-order valence-electron chi connectivity index (χ0n) is 16.1. The summed E-state index contributed by atoms with van der Waals surface area (Å²) in [6.45, 7) is 10.1. The van der Waals surface area contributed by atoms with Crippen molar-refractivity contribution in [1.82, 2.24) is 19.2 Å². The Hall–Kier alpha value is -2.34. The lowest BCUT2D eigenvalue weighted by atomic mass is 10.2. The van der Waals surface area contributed by atoms with Crippen molar-refractivity contribution in [2.45, 2.75) is 47.2 Å². The largest absolute Gasteiger partial charge is 0.400 e. The number of aliphatic hydroxyl groups excluding tert-OH is 1. The van der Waals surface area contributed by atoms with Crippen LogP contribution in [0.25, 0.3) is 5.65 Å². The van der Waals surface area contributed by atoms with Crippen LogP contribution in [0.4, 0.5) is 5.69 Å². The fourth-order valence-electron chi connectivity index (χ4n) is 3.18. The number of imidazole rings is 1. The first-order valence-corrected chi connectivity index (χ1v) is 8.83. The van der Waals surface area contributed by atoms with Gasteiger partial charge in [0.2, 0.25) is 0 Å². The lowest BCUT2D eigenvalue weighted by Gasteiger charge is -2.19. The zero-order valence-corrected chi connectivity index (χ0v) is 16.1. The highest BCUT2D eigenvalue weighted by Gasteiger charge is 2.23. The molecule has 0 bridgehead atoms. The van der Waals surface area contributed by atoms with Gasteiger partial charge < -0.3 is 14.4 Å². The van der Waals surface area contributed by atoms with Crippen LogP contribution in [0.1, 0.15) is 43.3 Å². The van der Waals surface area contributed by atoms with Gasteiger partial charge >= 0.3 is 0 Å². The Balaban J connectivity index is 0.000000528. The van der Waals surface area contributed by atoms with E-state index >= 15 is 0 Å². The molecule has 1 N–H and O–H groups in total. The van der Waals surface area contributed by atoms with Crippen LogP contribution in [0.5, 0.6) is 0 Å². The predicted molar refractivity (Wildman–Crippen MR) is 102 cm³/mol. The van der Waals surface area contributed by atoms with E-state index in [-0.39, 0.29) is 0 Å². The lowest BCUT2D eigenvalue weighted by molar-refractivity contribution is 0.399. The molecule has 0 unspecified atom stereocenters. The second-order valence-corrected chi connectivity index (χ2v) is 5.79. The summed E-state index contributed by atoms with van der Waals surface area (Å²) in [6, 6.07) is 2.28. The molecule has 0 fully saturated rings. The van der Waals surface area contributed by atoms with Gasteiger partial charge in [-0.2, -0.15) is 5.10 Å². The molecule has 136 valence electrons. The summed E-state index contributed by atoms with van der Waals surface area (Å²) in [4.78, 5) is 7.03. The molecule has 1 aliphatic heterocycles. The van der Waals surface area contributed by atoms with Gasteiger partial charge in [-0.1, -0.05) is 20.8 Å². The number of fused-ring (bicyclic) bond motifs is 2. The summed E-state index contributed by atoms with van der Waals surface area (Å²) in [5.41, 5.74) is 7.35. The summed E-state index contributed by atoms with van der Waals surface area (Å²) < 4.78 is 4.14. The minimum atomic E-state index is 0.925. The third kappa shape index (κ3) is 3.54. The molecule has 4 rings (SSSR count). The number of hydrogen-bond acceptors (Lipinski definition) is 4. The Morgan fingerprint density at radius 3 is 2.52 bits per heavy atom. The molecule has 3 aromatic rings. The minimum Gasteiger partial charge on any atom is -0.400 e. The zero-order chi connectivity index (χ0) is 18.6.